The highest BCUT2D eigenvalue weighted by Gasteiger charge is 2.09. The predicted molar refractivity (Wildman–Crippen MR) is 91.4 cm³/mol. The lowest BCUT2D eigenvalue weighted by atomic mass is 10.2. The molecule has 0 aliphatic rings. The second kappa shape index (κ2) is 6.91. The van der Waals surface area contributed by atoms with Gasteiger partial charge in [-0.05, 0) is 11.6 Å². The topological polar surface area (TPSA) is 95.5 Å². The number of hydrogen-bond acceptors (Lipinski definition) is 7. The van der Waals surface area contributed by atoms with Crippen LogP contribution >= 0.6 is 0 Å². The molecule has 24 heavy (non-hydrogen) atoms. The molecule has 0 atom stereocenters. The molecule has 0 radical (unpaired) electrons. The molecule has 0 fully saturated rings. The van der Waals surface area contributed by atoms with E-state index in [2.05, 4.69) is 31.4 Å². The highest BCUT2D eigenvalue weighted by Crippen LogP contribution is 2.19. The summed E-state index contributed by atoms with van der Waals surface area (Å²) in [6, 6.07) is 6.12. The van der Waals surface area contributed by atoms with Crippen molar-refractivity contribution in [2.45, 2.75) is 19.5 Å². The molecule has 0 amide bonds. The van der Waals surface area contributed by atoms with Crippen LogP contribution in [0, 0.1) is 11.3 Å². The third-order valence-corrected chi connectivity index (χ3v) is 3.60. The van der Waals surface area contributed by atoms with E-state index >= 15 is 0 Å². The third kappa shape index (κ3) is 3.25. The molecule has 0 unspecified atom stereocenters. The molecule has 0 aliphatic carbocycles. The normalized spacial score (nSPS) is 10.5. The van der Waals surface area contributed by atoms with E-state index in [4.69, 9.17) is 5.26 Å². The summed E-state index contributed by atoms with van der Waals surface area (Å²) in [6.07, 6.45) is 5.47. The maximum atomic E-state index is 8.71. The second-order valence-corrected chi connectivity index (χ2v) is 5.51. The van der Waals surface area contributed by atoms with E-state index in [0.29, 0.717) is 19.5 Å². The molecule has 8 nitrogen and oxygen atoms in total. The van der Waals surface area contributed by atoms with Gasteiger partial charge in [0.1, 0.15) is 18.0 Å². The first-order valence-electron chi connectivity index (χ1n) is 7.58. The highest BCUT2D eigenvalue weighted by atomic mass is 15.3. The van der Waals surface area contributed by atoms with Crippen molar-refractivity contribution in [1.82, 2.24) is 24.7 Å². The van der Waals surface area contributed by atoms with Crippen molar-refractivity contribution >= 4 is 22.7 Å². The van der Waals surface area contributed by atoms with Gasteiger partial charge >= 0.3 is 0 Å². The average Bonchev–Trinajstić information content (AvgIpc) is 3.02. The Kier molecular flexibility index (Phi) is 4.52. The monoisotopic (exact) mass is 322 g/mol. The summed E-state index contributed by atoms with van der Waals surface area (Å²) in [5.74, 6) is 1.64. The number of aromatic nitrogens is 5. The molecule has 3 rings (SSSR count). The minimum Gasteiger partial charge on any atom is -0.365 e. The first-order chi connectivity index (χ1) is 11.7. The van der Waals surface area contributed by atoms with Gasteiger partial charge in [-0.2, -0.15) is 10.4 Å². The molecule has 0 saturated carbocycles. The first-order valence-corrected chi connectivity index (χ1v) is 7.58. The lowest BCUT2D eigenvalue weighted by molar-refractivity contribution is 0.643. The molecule has 0 saturated heterocycles. The lowest BCUT2D eigenvalue weighted by Gasteiger charge is -2.11. The van der Waals surface area contributed by atoms with Gasteiger partial charge < -0.3 is 10.2 Å². The highest BCUT2D eigenvalue weighted by molar-refractivity contribution is 5.86. The van der Waals surface area contributed by atoms with Gasteiger partial charge in [-0.25, -0.2) is 19.6 Å². The Hall–Kier alpha value is -3.21. The summed E-state index contributed by atoms with van der Waals surface area (Å²) in [5, 5.41) is 17.1. The Morgan fingerprint density at radius 2 is 2.08 bits per heavy atom. The molecule has 0 spiro atoms. The number of rotatable bonds is 6. The SMILES string of the molecule is CN(C)c1ccc(CNc2ncnc3c2cnn3CCC#N)cn1. The summed E-state index contributed by atoms with van der Waals surface area (Å²) in [6.45, 7) is 1.13. The summed E-state index contributed by atoms with van der Waals surface area (Å²) >= 11 is 0. The van der Waals surface area contributed by atoms with Crippen molar-refractivity contribution < 1.29 is 0 Å². The molecule has 3 heterocycles. The number of nitriles is 1. The molecule has 3 aromatic rings. The van der Waals surface area contributed by atoms with Crippen LogP contribution in [0.15, 0.2) is 30.9 Å². The minimum absolute atomic E-state index is 0.396. The number of fused-ring (bicyclic) bond motifs is 1. The average molecular weight is 322 g/mol. The Morgan fingerprint density at radius 1 is 1.21 bits per heavy atom. The maximum Gasteiger partial charge on any atom is 0.163 e. The molecular formula is C16H18N8. The van der Waals surface area contributed by atoms with Crippen molar-refractivity contribution in [1.29, 1.82) is 5.26 Å². The van der Waals surface area contributed by atoms with Gasteiger partial charge in [-0.3, -0.25) is 0 Å². The lowest BCUT2D eigenvalue weighted by Crippen LogP contribution is -2.11. The summed E-state index contributed by atoms with van der Waals surface area (Å²) < 4.78 is 1.72. The third-order valence-electron chi connectivity index (χ3n) is 3.60. The van der Waals surface area contributed by atoms with Crippen molar-refractivity contribution in [3.05, 3.63) is 36.4 Å². The fourth-order valence-corrected chi connectivity index (χ4v) is 2.32. The fraction of sp³-hybridized carbons (Fsp3) is 0.312. The Labute approximate surface area is 139 Å². The van der Waals surface area contributed by atoms with E-state index in [1.165, 1.54) is 6.33 Å². The van der Waals surface area contributed by atoms with Gasteiger partial charge in [0.2, 0.25) is 0 Å². The molecule has 0 bridgehead atoms. The van der Waals surface area contributed by atoms with Crippen LogP contribution in [-0.4, -0.2) is 38.8 Å². The summed E-state index contributed by atoms with van der Waals surface area (Å²) in [5.41, 5.74) is 1.79. The Morgan fingerprint density at radius 3 is 2.79 bits per heavy atom. The zero-order valence-electron chi connectivity index (χ0n) is 13.6. The van der Waals surface area contributed by atoms with Crippen molar-refractivity contribution in [3.63, 3.8) is 0 Å². The zero-order valence-corrected chi connectivity index (χ0v) is 13.6. The van der Waals surface area contributed by atoms with Crippen LogP contribution in [0.1, 0.15) is 12.0 Å². The van der Waals surface area contributed by atoms with E-state index in [9.17, 15) is 0 Å². The second-order valence-electron chi connectivity index (χ2n) is 5.51. The van der Waals surface area contributed by atoms with Crippen LogP contribution in [0.2, 0.25) is 0 Å². The Balaban J connectivity index is 1.75. The van der Waals surface area contributed by atoms with Gasteiger partial charge in [0.15, 0.2) is 5.65 Å². The van der Waals surface area contributed by atoms with E-state index in [0.717, 1.165) is 28.2 Å². The predicted octanol–water partition coefficient (Wildman–Crippen LogP) is 1.81. The van der Waals surface area contributed by atoms with Gasteiger partial charge in [-0.15, -0.1) is 0 Å². The largest absolute Gasteiger partial charge is 0.365 e. The molecule has 0 aromatic carbocycles. The van der Waals surface area contributed by atoms with Crippen LogP contribution in [-0.2, 0) is 13.1 Å². The maximum absolute atomic E-state index is 8.71. The quantitative estimate of drug-likeness (QED) is 0.739. The standard InChI is InChI=1S/C16H18N8/c1-23(2)14-5-4-12(8-18-14)9-19-15-13-10-22-24(7-3-6-17)16(13)21-11-20-15/h4-5,8,10-11H,3,7,9H2,1-2H3,(H,19,20,21). The number of aryl methyl sites for hydroxylation is 1. The van der Waals surface area contributed by atoms with E-state index in [1.54, 1.807) is 10.9 Å². The van der Waals surface area contributed by atoms with Crippen LogP contribution in [0.3, 0.4) is 0 Å². The molecular weight excluding hydrogens is 304 g/mol. The van der Waals surface area contributed by atoms with Crippen molar-refractivity contribution in [3.8, 4) is 6.07 Å². The number of nitrogens with one attached hydrogen (secondary N) is 1. The van der Waals surface area contributed by atoms with E-state index < -0.39 is 0 Å². The number of hydrogen-bond donors (Lipinski definition) is 1. The minimum atomic E-state index is 0.396. The van der Waals surface area contributed by atoms with Crippen LogP contribution in [0.5, 0.6) is 0 Å². The smallest absolute Gasteiger partial charge is 0.163 e. The fourth-order valence-electron chi connectivity index (χ4n) is 2.32. The molecule has 1 N–H and O–H groups in total. The number of nitrogens with zero attached hydrogens (tertiary/aromatic N) is 7. The van der Waals surface area contributed by atoms with Crippen molar-refractivity contribution in [2.75, 3.05) is 24.3 Å². The molecule has 122 valence electrons. The van der Waals surface area contributed by atoms with Gasteiger partial charge in [0.05, 0.1) is 30.6 Å². The van der Waals surface area contributed by atoms with E-state index in [-0.39, 0.29) is 0 Å². The first kappa shape index (κ1) is 15.7. The van der Waals surface area contributed by atoms with Gasteiger partial charge in [0, 0.05) is 26.8 Å². The summed E-state index contributed by atoms with van der Waals surface area (Å²) in [4.78, 5) is 14.9. The number of pyridine rings is 1. The molecule has 3 aromatic heterocycles. The van der Waals surface area contributed by atoms with Crippen LogP contribution in [0.25, 0.3) is 11.0 Å². The van der Waals surface area contributed by atoms with Crippen molar-refractivity contribution in [2.24, 2.45) is 0 Å². The molecule has 0 aliphatic heterocycles. The van der Waals surface area contributed by atoms with Gasteiger partial charge in [0.25, 0.3) is 0 Å². The molecule has 8 heteroatoms. The van der Waals surface area contributed by atoms with Crippen LogP contribution in [0.4, 0.5) is 11.6 Å². The number of anilines is 2. The van der Waals surface area contributed by atoms with Crippen LogP contribution < -0.4 is 10.2 Å². The van der Waals surface area contributed by atoms with Gasteiger partial charge in [-0.1, -0.05) is 6.07 Å². The Bertz CT molecular complexity index is 860. The zero-order chi connectivity index (χ0) is 16.9. The van der Waals surface area contributed by atoms with E-state index in [1.807, 2.05) is 37.3 Å². The summed E-state index contributed by atoms with van der Waals surface area (Å²) in [7, 11) is 3.92.